The van der Waals surface area contributed by atoms with Gasteiger partial charge in [-0.15, -0.1) is 0 Å². The first kappa shape index (κ1) is 7.41. The summed E-state index contributed by atoms with van der Waals surface area (Å²) in [5.74, 6) is 2.36. The maximum absolute atomic E-state index is 1.60. The van der Waals surface area contributed by atoms with E-state index in [-0.39, 0.29) is 0 Å². The summed E-state index contributed by atoms with van der Waals surface area (Å²) < 4.78 is 0. The van der Waals surface area contributed by atoms with Crippen LogP contribution in [0.5, 0.6) is 0 Å². The van der Waals surface area contributed by atoms with Crippen molar-refractivity contribution in [1.82, 2.24) is 0 Å². The minimum atomic E-state index is 0.901. The van der Waals surface area contributed by atoms with Crippen molar-refractivity contribution in [3.63, 3.8) is 0 Å². The van der Waals surface area contributed by atoms with Crippen molar-refractivity contribution in [2.75, 3.05) is 0 Å². The summed E-state index contributed by atoms with van der Waals surface area (Å²) in [5, 5.41) is 0. The molecule has 3 aliphatic carbocycles. The minimum absolute atomic E-state index is 0.901. The molecule has 0 aromatic rings. The lowest BCUT2D eigenvalue weighted by atomic mass is 9.61. The molecule has 0 bridgehead atoms. The SMILES string of the molecule is C1CC(C2(C3CC3)CCCC2)C1. The second-order valence-electron chi connectivity index (χ2n) is 5.34. The summed E-state index contributed by atoms with van der Waals surface area (Å²) in [6, 6.07) is 0. The van der Waals surface area contributed by atoms with E-state index in [0.29, 0.717) is 0 Å². The molecule has 3 aliphatic rings. The molecule has 3 saturated carbocycles. The first-order chi connectivity index (χ1) is 5.92. The van der Waals surface area contributed by atoms with Crippen LogP contribution in [0.3, 0.4) is 0 Å². The van der Waals surface area contributed by atoms with E-state index in [1.54, 1.807) is 57.8 Å². The van der Waals surface area contributed by atoms with Crippen LogP contribution in [0.1, 0.15) is 57.8 Å². The van der Waals surface area contributed by atoms with Gasteiger partial charge in [0.25, 0.3) is 0 Å². The highest BCUT2D eigenvalue weighted by Gasteiger charge is 2.52. The summed E-state index contributed by atoms with van der Waals surface area (Å²) in [5.41, 5.74) is 0.901. The van der Waals surface area contributed by atoms with Crippen LogP contribution in [-0.4, -0.2) is 0 Å². The molecule has 0 heteroatoms. The summed E-state index contributed by atoms with van der Waals surface area (Å²) >= 11 is 0. The third-order valence-electron chi connectivity index (χ3n) is 4.84. The lowest BCUT2D eigenvalue weighted by Crippen LogP contribution is -2.34. The Balaban J connectivity index is 1.79. The van der Waals surface area contributed by atoms with Crippen molar-refractivity contribution in [2.45, 2.75) is 57.8 Å². The van der Waals surface area contributed by atoms with Gasteiger partial charge in [-0.25, -0.2) is 0 Å². The van der Waals surface area contributed by atoms with Gasteiger partial charge in [0.05, 0.1) is 0 Å². The lowest BCUT2D eigenvalue weighted by Gasteiger charge is -2.43. The van der Waals surface area contributed by atoms with Gasteiger partial charge in [-0.1, -0.05) is 19.3 Å². The fraction of sp³-hybridized carbons (Fsp3) is 1.00. The molecule has 0 radical (unpaired) electrons. The van der Waals surface area contributed by atoms with Gasteiger partial charge in [0, 0.05) is 0 Å². The first-order valence-electron chi connectivity index (χ1n) is 5.92. The number of hydrogen-bond acceptors (Lipinski definition) is 0. The topological polar surface area (TPSA) is 0 Å². The smallest absolute Gasteiger partial charge is 0.0241 e. The zero-order valence-corrected chi connectivity index (χ0v) is 8.02. The third kappa shape index (κ3) is 0.900. The predicted octanol–water partition coefficient (Wildman–Crippen LogP) is 3.76. The van der Waals surface area contributed by atoms with Gasteiger partial charge in [0.15, 0.2) is 0 Å². The molecule has 0 saturated heterocycles. The fourth-order valence-electron chi connectivity index (χ4n) is 3.82. The quantitative estimate of drug-likeness (QED) is 0.583. The zero-order valence-electron chi connectivity index (χ0n) is 8.02. The Morgan fingerprint density at radius 1 is 0.667 bits per heavy atom. The van der Waals surface area contributed by atoms with E-state index in [4.69, 9.17) is 0 Å². The molecule has 12 heavy (non-hydrogen) atoms. The van der Waals surface area contributed by atoms with E-state index in [1.807, 2.05) is 0 Å². The summed E-state index contributed by atoms with van der Waals surface area (Å²) in [4.78, 5) is 0. The van der Waals surface area contributed by atoms with Gasteiger partial charge in [-0.3, -0.25) is 0 Å². The minimum Gasteiger partial charge on any atom is -0.0527 e. The van der Waals surface area contributed by atoms with E-state index >= 15 is 0 Å². The first-order valence-corrected chi connectivity index (χ1v) is 5.92. The van der Waals surface area contributed by atoms with Crippen molar-refractivity contribution in [2.24, 2.45) is 17.3 Å². The van der Waals surface area contributed by atoms with Crippen molar-refractivity contribution in [3.8, 4) is 0 Å². The summed E-state index contributed by atoms with van der Waals surface area (Å²) in [6.07, 6.45) is 14.2. The molecule has 0 unspecified atom stereocenters. The molecular formula is C12H20. The van der Waals surface area contributed by atoms with Crippen LogP contribution >= 0.6 is 0 Å². The van der Waals surface area contributed by atoms with Crippen LogP contribution in [0, 0.1) is 17.3 Å². The van der Waals surface area contributed by atoms with Crippen LogP contribution in [0.25, 0.3) is 0 Å². The molecular weight excluding hydrogens is 144 g/mol. The van der Waals surface area contributed by atoms with Crippen molar-refractivity contribution < 1.29 is 0 Å². The van der Waals surface area contributed by atoms with E-state index in [2.05, 4.69) is 0 Å². The van der Waals surface area contributed by atoms with E-state index < -0.39 is 0 Å². The zero-order chi connectivity index (χ0) is 8.02. The van der Waals surface area contributed by atoms with E-state index in [9.17, 15) is 0 Å². The van der Waals surface area contributed by atoms with Crippen LogP contribution in [0.4, 0.5) is 0 Å². The highest BCUT2D eigenvalue weighted by Crippen LogP contribution is 2.62. The Morgan fingerprint density at radius 3 is 1.67 bits per heavy atom. The predicted molar refractivity (Wildman–Crippen MR) is 51.0 cm³/mol. The Kier molecular flexibility index (Phi) is 1.54. The standard InChI is InChI=1S/C12H20/c1-2-9-12(8-1,11-6-7-11)10-4-3-5-10/h10-11H,1-9H2. The molecule has 0 heterocycles. The van der Waals surface area contributed by atoms with Crippen LogP contribution in [0.15, 0.2) is 0 Å². The maximum Gasteiger partial charge on any atom is -0.0241 e. The van der Waals surface area contributed by atoms with Crippen LogP contribution < -0.4 is 0 Å². The molecule has 0 aliphatic heterocycles. The maximum atomic E-state index is 1.60. The monoisotopic (exact) mass is 164 g/mol. The molecule has 0 N–H and O–H groups in total. The summed E-state index contributed by atoms with van der Waals surface area (Å²) in [7, 11) is 0. The van der Waals surface area contributed by atoms with Crippen molar-refractivity contribution in [1.29, 1.82) is 0 Å². The molecule has 0 amide bonds. The van der Waals surface area contributed by atoms with Crippen molar-refractivity contribution >= 4 is 0 Å². The van der Waals surface area contributed by atoms with Gasteiger partial charge in [0.2, 0.25) is 0 Å². The summed E-state index contributed by atoms with van der Waals surface area (Å²) in [6.45, 7) is 0. The third-order valence-corrected chi connectivity index (χ3v) is 4.84. The second-order valence-corrected chi connectivity index (χ2v) is 5.34. The Hall–Kier alpha value is 0. The van der Waals surface area contributed by atoms with Gasteiger partial charge >= 0.3 is 0 Å². The number of hydrogen-bond donors (Lipinski definition) is 0. The molecule has 0 atom stereocenters. The van der Waals surface area contributed by atoms with E-state index in [0.717, 1.165) is 5.41 Å². The van der Waals surface area contributed by atoms with Gasteiger partial charge in [-0.05, 0) is 55.8 Å². The van der Waals surface area contributed by atoms with Gasteiger partial charge in [-0.2, -0.15) is 0 Å². The molecule has 0 aromatic heterocycles. The normalized spacial score (nSPS) is 35.0. The van der Waals surface area contributed by atoms with Gasteiger partial charge in [0.1, 0.15) is 0 Å². The second kappa shape index (κ2) is 2.49. The Labute approximate surface area is 75.7 Å². The molecule has 3 rings (SSSR count). The molecule has 0 spiro atoms. The Bertz CT molecular complexity index is 168. The largest absolute Gasteiger partial charge is 0.0527 e. The Morgan fingerprint density at radius 2 is 1.25 bits per heavy atom. The van der Waals surface area contributed by atoms with Crippen LogP contribution in [-0.2, 0) is 0 Å². The van der Waals surface area contributed by atoms with E-state index in [1.165, 1.54) is 11.8 Å². The van der Waals surface area contributed by atoms with Crippen molar-refractivity contribution in [3.05, 3.63) is 0 Å². The average molecular weight is 164 g/mol. The highest BCUT2D eigenvalue weighted by atomic mass is 14.6. The lowest BCUT2D eigenvalue weighted by molar-refractivity contribution is 0.0644. The fourth-order valence-corrected chi connectivity index (χ4v) is 3.82. The van der Waals surface area contributed by atoms with Gasteiger partial charge < -0.3 is 0 Å². The molecule has 0 aromatic carbocycles. The molecule has 3 fully saturated rings. The molecule has 0 nitrogen and oxygen atoms in total. The molecule has 68 valence electrons. The number of rotatable bonds is 2. The van der Waals surface area contributed by atoms with Crippen LogP contribution in [0.2, 0.25) is 0 Å². The average Bonchev–Trinajstić information content (AvgIpc) is 2.71. The highest BCUT2D eigenvalue weighted by molar-refractivity contribution is 5.02.